The minimum atomic E-state index is 0.0482. The van der Waals surface area contributed by atoms with Gasteiger partial charge in [-0.05, 0) is 72.0 Å². The Labute approximate surface area is 218 Å². The molecule has 1 aliphatic rings. The maximum absolute atomic E-state index is 12.5. The topological polar surface area (TPSA) is 53.0 Å². The molecular formula is C32H32N2O3. The molecule has 1 amide bonds. The summed E-state index contributed by atoms with van der Waals surface area (Å²) < 4.78 is 6.56. The molecule has 4 aromatic carbocycles. The van der Waals surface area contributed by atoms with Crippen molar-refractivity contribution in [2.24, 2.45) is 0 Å². The molecule has 0 spiro atoms. The van der Waals surface area contributed by atoms with Gasteiger partial charge in [-0.25, -0.2) is 0 Å². The van der Waals surface area contributed by atoms with Gasteiger partial charge in [0.2, 0.25) is 5.91 Å². The summed E-state index contributed by atoms with van der Waals surface area (Å²) in [5.41, 5.74) is 4.24. The van der Waals surface area contributed by atoms with Gasteiger partial charge in [0.1, 0.15) is 17.2 Å². The number of rotatable bonds is 6. The Morgan fingerprint density at radius 2 is 1.68 bits per heavy atom. The summed E-state index contributed by atoms with van der Waals surface area (Å²) in [5.74, 6) is 1.76. The van der Waals surface area contributed by atoms with E-state index in [-0.39, 0.29) is 11.7 Å². The molecule has 188 valence electrons. The van der Waals surface area contributed by atoms with E-state index in [1.165, 1.54) is 0 Å². The van der Waals surface area contributed by atoms with Crippen molar-refractivity contribution in [3.8, 4) is 28.4 Å². The molecule has 0 aliphatic carbocycles. The van der Waals surface area contributed by atoms with E-state index in [1.807, 2.05) is 59.5 Å². The first-order chi connectivity index (χ1) is 18.0. The van der Waals surface area contributed by atoms with Gasteiger partial charge in [-0.1, -0.05) is 55.5 Å². The average molecular weight is 493 g/mol. The third-order valence-electron chi connectivity index (χ3n) is 6.93. The number of nitrogens with zero attached hydrogens (tertiary/aromatic N) is 2. The van der Waals surface area contributed by atoms with Gasteiger partial charge in [-0.15, -0.1) is 0 Å². The van der Waals surface area contributed by atoms with Gasteiger partial charge in [0.25, 0.3) is 0 Å². The van der Waals surface area contributed by atoms with Crippen LogP contribution >= 0.6 is 0 Å². The lowest BCUT2D eigenvalue weighted by Crippen LogP contribution is -2.46. The lowest BCUT2D eigenvalue weighted by Gasteiger charge is -2.31. The highest BCUT2D eigenvalue weighted by molar-refractivity contribution is 5.98. The first-order valence-corrected chi connectivity index (χ1v) is 12.8. The highest BCUT2D eigenvalue weighted by atomic mass is 16.5. The fourth-order valence-electron chi connectivity index (χ4n) is 4.79. The van der Waals surface area contributed by atoms with E-state index >= 15 is 0 Å². The van der Waals surface area contributed by atoms with Crippen LogP contribution in [-0.4, -0.2) is 54.0 Å². The van der Waals surface area contributed by atoms with Crippen LogP contribution in [0.5, 0.6) is 17.2 Å². The first kappa shape index (κ1) is 24.6. The largest absolute Gasteiger partial charge is 0.508 e. The second-order valence-electron chi connectivity index (χ2n) is 9.50. The molecule has 0 bridgehead atoms. The zero-order valence-corrected chi connectivity index (χ0v) is 21.4. The molecule has 5 nitrogen and oxygen atoms in total. The number of fused-ring (bicyclic) bond motifs is 1. The highest BCUT2D eigenvalue weighted by Gasteiger charge is 2.18. The number of carbonyl (C=O) groups is 1. The minimum absolute atomic E-state index is 0.0482. The van der Waals surface area contributed by atoms with E-state index in [4.69, 9.17) is 4.74 Å². The number of aryl methyl sites for hydroxylation is 1. The summed E-state index contributed by atoms with van der Waals surface area (Å²) in [5, 5.41) is 12.0. The van der Waals surface area contributed by atoms with Gasteiger partial charge in [-0.2, -0.15) is 0 Å². The third kappa shape index (κ3) is 5.52. The Balaban J connectivity index is 1.44. The van der Waals surface area contributed by atoms with Crippen LogP contribution in [0.3, 0.4) is 0 Å². The number of ether oxygens (including phenoxy) is 1. The number of hydrogen-bond donors (Lipinski definition) is 1. The molecule has 4 aromatic rings. The number of phenolic OH excluding ortho intramolecular Hbond substituents is 1. The number of carbonyl (C=O) groups excluding carboxylic acids is 1. The van der Waals surface area contributed by atoms with E-state index in [2.05, 4.69) is 37.1 Å². The predicted octanol–water partition coefficient (Wildman–Crippen LogP) is 6.35. The Morgan fingerprint density at radius 1 is 0.946 bits per heavy atom. The van der Waals surface area contributed by atoms with Crippen LogP contribution in [0.1, 0.15) is 18.1 Å². The SMILES string of the molecule is CCc1cc2cc(O)ccc2c(Oc2ccc(/C=C/C(=O)N3CCN(C)CC3)cc2)c1-c1ccccc1. The van der Waals surface area contributed by atoms with Crippen molar-refractivity contribution in [2.45, 2.75) is 13.3 Å². The molecule has 5 rings (SSSR count). The lowest BCUT2D eigenvalue weighted by atomic mass is 9.92. The van der Waals surface area contributed by atoms with Crippen molar-refractivity contribution < 1.29 is 14.6 Å². The monoisotopic (exact) mass is 492 g/mol. The fraction of sp³-hybridized carbons (Fsp3) is 0.219. The normalized spacial score (nSPS) is 14.4. The van der Waals surface area contributed by atoms with Gasteiger partial charge in [0.15, 0.2) is 0 Å². The Bertz CT molecular complexity index is 1420. The summed E-state index contributed by atoms with van der Waals surface area (Å²) in [6, 6.07) is 25.6. The molecule has 0 saturated carbocycles. The molecule has 0 unspecified atom stereocenters. The van der Waals surface area contributed by atoms with Crippen LogP contribution in [0.25, 0.3) is 28.0 Å². The Kier molecular flexibility index (Phi) is 7.24. The van der Waals surface area contributed by atoms with E-state index < -0.39 is 0 Å². The number of piperazine rings is 1. The molecule has 5 heteroatoms. The van der Waals surface area contributed by atoms with Crippen molar-refractivity contribution in [3.05, 3.63) is 96.1 Å². The van der Waals surface area contributed by atoms with Gasteiger partial charge in [0.05, 0.1) is 0 Å². The zero-order valence-electron chi connectivity index (χ0n) is 21.4. The van der Waals surface area contributed by atoms with Crippen LogP contribution in [0, 0.1) is 0 Å². The quantitative estimate of drug-likeness (QED) is 0.319. The number of likely N-dealkylation sites (N-methyl/N-ethyl adjacent to an activating group) is 1. The van der Waals surface area contributed by atoms with E-state index in [9.17, 15) is 9.90 Å². The maximum atomic E-state index is 12.5. The Hall–Kier alpha value is -4.09. The number of amides is 1. The van der Waals surface area contributed by atoms with Crippen LogP contribution in [-0.2, 0) is 11.2 Å². The van der Waals surface area contributed by atoms with Crippen molar-refractivity contribution in [2.75, 3.05) is 33.2 Å². The van der Waals surface area contributed by atoms with Crippen LogP contribution in [0.4, 0.5) is 0 Å². The summed E-state index contributed by atoms with van der Waals surface area (Å²) in [6.45, 7) is 5.47. The Morgan fingerprint density at radius 3 is 2.38 bits per heavy atom. The molecule has 0 atom stereocenters. The zero-order chi connectivity index (χ0) is 25.8. The highest BCUT2D eigenvalue weighted by Crippen LogP contribution is 2.43. The van der Waals surface area contributed by atoms with Gasteiger partial charge >= 0.3 is 0 Å². The number of benzene rings is 4. The van der Waals surface area contributed by atoms with Gasteiger partial charge < -0.3 is 19.6 Å². The molecule has 1 aliphatic heterocycles. The maximum Gasteiger partial charge on any atom is 0.246 e. The predicted molar refractivity (Wildman–Crippen MR) is 150 cm³/mol. The van der Waals surface area contributed by atoms with Crippen LogP contribution < -0.4 is 4.74 Å². The molecule has 1 fully saturated rings. The summed E-state index contributed by atoms with van der Waals surface area (Å²) in [6.07, 6.45) is 4.34. The molecular weight excluding hydrogens is 460 g/mol. The van der Waals surface area contributed by atoms with Crippen molar-refractivity contribution in [3.63, 3.8) is 0 Å². The second kappa shape index (κ2) is 10.9. The van der Waals surface area contributed by atoms with Crippen molar-refractivity contribution in [1.29, 1.82) is 0 Å². The molecule has 0 radical (unpaired) electrons. The number of phenols is 1. The molecule has 37 heavy (non-hydrogen) atoms. The van der Waals surface area contributed by atoms with E-state index in [0.29, 0.717) is 5.75 Å². The van der Waals surface area contributed by atoms with Gasteiger partial charge in [0, 0.05) is 43.2 Å². The average Bonchev–Trinajstić information content (AvgIpc) is 2.93. The lowest BCUT2D eigenvalue weighted by molar-refractivity contribution is -0.127. The van der Waals surface area contributed by atoms with E-state index in [0.717, 1.165) is 71.4 Å². The van der Waals surface area contributed by atoms with E-state index in [1.54, 1.807) is 18.2 Å². The molecule has 0 aromatic heterocycles. The standard InChI is InChI=1S/C32H32N2O3/c1-3-24-21-26-22-27(35)12-15-29(26)32(31(24)25-7-5-4-6-8-25)37-28-13-9-23(10-14-28)11-16-30(36)34-19-17-33(2)18-20-34/h4-16,21-22,35H,3,17-20H2,1-2H3/b16-11+. The van der Waals surface area contributed by atoms with Crippen molar-refractivity contribution >= 4 is 22.8 Å². The van der Waals surface area contributed by atoms with Crippen LogP contribution in [0.15, 0.2) is 84.9 Å². The molecule has 1 N–H and O–H groups in total. The molecule has 1 saturated heterocycles. The second-order valence-corrected chi connectivity index (χ2v) is 9.50. The smallest absolute Gasteiger partial charge is 0.246 e. The fourth-order valence-corrected chi connectivity index (χ4v) is 4.79. The summed E-state index contributed by atoms with van der Waals surface area (Å²) >= 11 is 0. The van der Waals surface area contributed by atoms with Gasteiger partial charge in [-0.3, -0.25) is 4.79 Å². The first-order valence-electron chi connectivity index (χ1n) is 12.8. The molecule has 1 heterocycles. The summed E-state index contributed by atoms with van der Waals surface area (Å²) in [7, 11) is 2.08. The number of aromatic hydroxyl groups is 1. The third-order valence-corrected chi connectivity index (χ3v) is 6.93. The number of hydrogen-bond acceptors (Lipinski definition) is 4. The van der Waals surface area contributed by atoms with Crippen molar-refractivity contribution in [1.82, 2.24) is 9.80 Å². The van der Waals surface area contributed by atoms with Crippen LogP contribution in [0.2, 0.25) is 0 Å². The summed E-state index contributed by atoms with van der Waals surface area (Å²) in [4.78, 5) is 16.7. The minimum Gasteiger partial charge on any atom is -0.508 e.